The third kappa shape index (κ3) is 3.50. The highest BCUT2D eigenvalue weighted by Crippen LogP contribution is 2.22. The second kappa shape index (κ2) is 6.55. The molecule has 3 N–H and O–H groups in total. The molecule has 21 heavy (non-hydrogen) atoms. The molecule has 0 amide bonds. The van der Waals surface area contributed by atoms with Crippen molar-refractivity contribution >= 4 is 11.4 Å². The van der Waals surface area contributed by atoms with Crippen LogP contribution in [-0.4, -0.2) is 59.1 Å². The molecule has 1 saturated heterocycles. The summed E-state index contributed by atoms with van der Waals surface area (Å²) in [6.07, 6.45) is 3.18. The molecule has 1 aromatic heterocycles. The number of hydrogen-bond donors (Lipinski definition) is 2. The van der Waals surface area contributed by atoms with E-state index < -0.39 is 0 Å². The summed E-state index contributed by atoms with van der Waals surface area (Å²) >= 11 is 0. The summed E-state index contributed by atoms with van der Waals surface area (Å²) in [4.78, 5) is 6.38. The number of ether oxygens (including phenoxy) is 1. The van der Waals surface area contributed by atoms with Crippen LogP contribution in [0.2, 0.25) is 0 Å². The number of nitrogens with one attached hydrogen (secondary N) is 1. The molecule has 1 fully saturated rings. The van der Waals surface area contributed by atoms with Gasteiger partial charge in [-0.25, -0.2) is 9.67 Å². The maximum absolute atomic E-state index is 5.87. The number of hydrogen-bond acceptors (Lipinski definition) is 6. The van der Waals surface area contributed by atoms with Crippen LogP contribution in [0.4, 0.5) is 11.4 Å². The minimum Gasteiger partial charge on any atom is -0.399 e. The van der Waals surface area contributed by atoms with E-state index in [0.29, 0.717) is 5.69 Å². The van der Waals surface area contributed by atoms with Crippen molar-refractivity contribution in [3.63, 3.8) is 0 Å². The van der Waals surface area contributed by atoms with Crippen LogP contribution in [0.3, 0.4) is 0 Å². The van der Waals surface area contributed by atoms with Crippen LogP contribution < -0.4 is 11.1 Å². The van der Waals surface area contributed by atoms with Crippen molar-refractivity contribution in [1.82, 2.24) is 19.7 Å². The smallest absolute Gasteiger partial charge is 0.138 e. The Morgan fingerprint density at radius 1 is 1.29 bits per heavy atom. The Morgan fingerprint density at radius 3 is 2.90 bits per heavy atom. The molecule has 0 spiro atoms. The van der Waals surface area contributed by atoms with E-state index in [1.54, 1.807) is 11.0 Å². The van der Waals surface area contributed by atoms with Gasteiger partial charge < -0.3 is 15.8 Å². The molecule has 3 rings (SSSR count). The van der Waals surface area contributed by atoms with E-state index in [1.165, 1.54) is 6.33 Å². The number of anilines is 2. The Bertz CT molecular complexity index is 565. The Hall–Kier alpha value is -2.12. The van der Waals surface area contributed by atoms with Crippen molar-refractivity contribution in [2.75, 3.05) is 50.4 Å². The molecule has 1 aromatic carbocycles. The number of aromatic nitrogens is 3. The fraction of sp³-hybridized carbons (Fsp3) is 0.429. The molecule has 0 radical (unpaired) electrons. The fourth-order valence-electron chi connectivity index (χ4n) is 2.39. The Labute approximate surface area is 123 Å². The standard InChI is InChI=1S/C14H20N6O/c15-12-1-2-13(14(9-12)20-11-16-10-18-20)17-3-4-19-5-7-21-8-6-19/h1-2,9-11,17H,3-8,15H2. The van der Waals surface area contributed by atoms with Crippen molar-refractivity contribution in [2.45, 2.75) is 0 Å². The first-order valence-corrected chi connectivity index (χ1v) is 7.11. The summed E-state index contributed by atoms with van der Waals surface area (Å²) in [5.74, 6) is 0. The van der Waals surface area contributed by atoms with Gasteiger partial charge >= 0.3 is 0 Å². The van der Waals surface area contributed by atoms with Gasteiger partial charge in [-0.15, -0.1) is 0 Å². The van der Waals surface area contributed by atoms with Crippen molar-refractivity contribution < 1.29 is 4.74 Å². The highest BCUT2D eigenvalue weighted by atomic mass is 16.5. The van der Waals surface area contributed by atoms with Gasteiger partial charge in [0, 0.05) is 31.9 Å². The van der Waals surface area contributed by atoms with Crippen LogP contribution in [0.1, 0.15) is 0 Å². The van der Waals surface area contributed by atoms with Gasteiger partial charge in [0.2, 0.25) is 0 Å². The predicted octanol–water partition coefficient (Wildman–Crippen LogP) is 0.594. The van der Waals surface area contributed by atoms with E-state index in [-0.39, 0.29) is 0 Å². The molecule has 7 heteroatoms. The van der Waals surface area contributed by atoms with Gasteiger partial charge in [-0.1, -0.05) is 0 Å². The molecule has 1 aliphatic rings. The first kappa shape index (κ1) is 13.8. The van der Waals surface area contributed by atoms with E-state index in [2.05, 4.69) is 20.3 Å². The Kier molecular flexibility index (Phi) is 4.32. The third-order valence-electron chi connectivity index (χ3n) is 3.53. The number of nitrogens with two attached hydrogens (primary N) is 1. The molecular formula is C14H20N6O. The number of rotatable bonds is 5. The minimum atomic E-state index is 0.708. The zero-order chi connectivity index (χ0) is 14.5. The summed E-state index contributed by atoms with van der Waals surface area (Å²) in [5.41, 5.74) is 8.49. The van der Waals surface area contributed by atoms with E-state index in [4.69, 9.17) is 10.5 Å². The SMILES string of the molecule is Nc1ccc(NCCN2CCOCC2)c(-n2cncn2)c1. The Morgan fingerprint density at radius 2 is 2.14 bits per heavy atom. The molecular weight excluding hydrogens is 268 g/mol. The average molecular weight is 288 g/mol. The first-order chi connectivity index (χ1) is 10.3. The highest BCUT2D eigenvalue weighted by Gasteiger charge is 2.10. The van der Waals surface area contributed by atoms with E-state index in [0.717, 1.165) is 50.8 Å². The van der Waals surface area contributed by atoms with Crippen molar-refractivity contribution in [1.29, 1.82) is 0 Å². The van der Waals surface area contributed by atoms with E-state index >= 15 is 0 Å². The van der Waals surface area contributed by atoms with Crippen molar-refractivity contribution in [2.24, 2.45) is 0 Å². The summed E-state index contributed by atoms with van der Waals surface area (Å²) in [5, 5.41) is 7.62. The number of benzene rings is 1. The lowest BCUT2D eigenvalue weighted by Gasteiger charge is -2.26. The molecule has 2 heterocycles. The minimum absolute atomic E-state index is 0.708. The maximum atomic E-state index is 5.87. The molecule has 0 bridgehead atoms. The van der Waals surface area contributed by atoms with E-state index in [1.807, 2.05) is 18.2 Å². The second-order valence-electron chi connectivity index (χ2n) is 5.00. The lowest BCUT2D eigenvalue weighted by atomic mass is 10.2. The van der Waals surface area contributed by atoms with Crippen molar-refractivity contribution in [3.8, 4) is 5.69 Å². The average Bonchev–Trinajstić information content (AvgIpc) is 3.04. The first-order valence-electron chi connectivity index (χ1n) is 7.11. The van der Waals surface area contributed by atoms with Gasteiger partial charge in [-0.2, -0.15) is 5.10 Å². The van der Waals surface area contributed by atoms with E-state index in [9.17, 15) is 0 Å². The predicted molar refractivity (Wildman–Crippen MR) is 81.5 cm³/mol. The van der Waals surface area contributed by atoms with Crippen LogP contribution in [-0.2, 0) is 4.74 Å². The highest BCUT2D eigenvalue weighted by molar-refractivity contribution is 5.66. The summed E-state index contributed by atoms with van der Waals surface area (Å²) < 4.78 is 7.07. The second-order valence-corrected chi connectivity index (χ2v) is 5.00. The summed E-state index contributed by atoms with van der Waals surface area (Å²) in [6, 6.07) is 5.76. The number of nitrogens with zero attached hydrogens (tertiary/aromatic N) is 4. The van der Waals surface area contributed by atoms with Gasteiger partial charge in [0.25, 0.3) is 0 Å². The zero-order valence-corrected chi connectivity index (χ0v) is 11.9. The monoisotopic (exact) mass is 288 g/mol. The zero-order valence-electron chi connectivity index (χ0n) is 11.9. The largest absolute Gasteiger partial charge is 0.399 e. The third-order valence-corrected chi connectivity index (χ3v) is 3.53. The molecule has 7 nitrogen and oxygen atoms in total. The van der Waals surface area contributed by atoms with Gasteiger partial charge in [0.1, 0.15) is 12.7 Å². The lowest BCUT2D eigenvalue weighted by molar-refractivity contribution is 0.0398. The van der Waals surface area contributed by atoms with Gasteiger partial charge in [0.05, 0.1) is 24.6 Å². The van der Waals surface area contributed by atoms with Crippen LogP contribution in [0.25, 0.3) is 5.69 Å². The maximum Gasteiger partial charge on any atom is 0.138 e. The number of nitrogen functional groups attached to an aromatic ring is 1. The fourth-order valence-corrected chi connectivity index (χ4v) is 2.39. The molecule has 0 atom stereocenters. The quantitative estimate of drug-likeness (QED) is 0.784. The Balaban J connectivity index is 1.64. The molecule has 1 aliphatic heterocycles. The number of morpholine rings is 1. The lowest BCUT2D eigenvalue weighted by Crippen LogP contribution is -2.39. The molecule has 0 unspecified atom stereocenters. The van der Waals surface area contributed by atoms with Crippen LogP contribution in [0.15, 0.2) is 30.9 Å². The topological polar surface area (TPSA) is 81.2 Å². The molecule has 2 aromatic rings. The van der Waals surface area contributed by atoms with Crippen LogP contribution in [0, 0.1) is 0 Å². The molecule has 0 aliphatic carbocycles. The van der Waals surface area contributed by atoms with Gasteiger partial charge in [0.15, 0.2) is 0 Å². The summed E-state index contributed by atoms with van der Waals surface area (Å²) in [6.45, 7) is 5.51. The van der Waals surface area contributed by atoms with Crippen LogP contribution in [0.5, 0.6) is 0 Å². The van der Waals surface area contributed by atoms with Crippen LogP contribution >= 0.6 is 0 Å². The normalized spacial score (nSPS) is 16.0. The van der Waals surface area contributed by atoms with Crippen molar-refractivity contribution in [3.05, 3.63) is 30.9 Å². The molecule has 112 valence electrons. The summed E-state index contributed by atoms with van der Waals surface area (Å²) in [7, 11) is 0. The van der Waals surface area contributed by atoms with Gasteiger partial charge in [-0.05, 0) is 18.2 Å². The van der Waals surface area contributed by atoms with Gasteiger partial charge in [-0.3, -0.25) is 4.90 Å². The molecule has 0 saturated carbocycles.